The molecule has 2 heterocycles. The number of aromatic nitrogens is 1. The Morgan fingerprint density at radius 2 is 2.09 bits per heavy atom. The zero-order valence-corrected chi connectivity index (χ0v) is 20.2. The van der Waals surface area contributed by atoms with E-state index in [9.17, 15) is 9.90 Å². The number of carboxylic acid groups (broad SMARTS) is 1. The molecule has 1 N–H and O–H groups in total. The van der Waals surface area contributed by atoms with Gasteiger partial charge in [0, 0.05) is 23.2 Å². The highest BCUT2D eigenvalue weighted by Crippen LogP contribution is 2.43. The summed E-state index contributed by atoms with van der Waals surface area (Å²) in [7, 11) is 1.62. The molecular weight excluding hydrogens is 422 g/mol. The van der Waals surface area contributed by atoms with Gasteiger partial charge in [-0.3, -0.25) is 0 Å². The Morgan fingerprint density at radius 3 is 2.66 bits per heavy atom. The van der Waals surface area contributed by atoms with Crippen LogP contribution in [0.5, 0.6) is 11.5 Å². The van der Waals surface area contributed by atoms with Gasteiger partial charge in [-0.25, -0.2) is 4.79 Å². The van der Waals surface area contributed by atoms with Crippen molar-refractivity contribution in [2.24, 2.45) is 5.41 Å². The van der Waals surface area contributed by atoms with E-state index in [0.29, 0.717) is 22.6 Å². The Bertz CT molecular complexity index is 1150. The van der Waals surface area contributed by atoms with Crippen LogP contribution in [0.2, 0.25) is 0 Å². The number of methoxy groups -OCH3 is 1. The van der Waals surface area contributed by atoms with Gasteiger partial charge in [0.15, 0.2) is 11.5 Å². The van der Waals surface area contributed by atoms with Crippen molar-refractivity contribution in [2.45, 2.75) is 46.6 Å². The molecule has 5 nitrogen and oxygen atoms in total. The molecule has 0 saturated carbocycles. The van der Waals surface area contributed by atoms with Gasteiger partial charge in [-0.2, -0.15) is 0 Å². The van der Waals surface area contributed by atoms with E-state index < -0.39 is 5.97 Å². The molecule has 0 aliphatic carbocycles. The van der Waals surface area contributed by atoms with Crippen molar-refractivity contribution in [1.29, 1.82) is 0 Å². The van der Waals surface area contributed by atoms with E-state index in [1.807, 2.05) is 36.6 Å². The molecular formula is C26H31NO4S. The molecule has 170 valence electrons. The number of hydrogen-bond donors (Lipinski definition) is 1. The molecule has 1 aliphatic heterocycles. The number of carbonyl (C=O) groups is 1. The maximum Gasteiger partial charge on any atom is 0.338 e. The van der Waals surface area contributed by atoms with Crippen LogP contribution in [0.4, 0.5) is 0 Å². The van der Waals surface area contributed by atoms with Crippen LogP contribution in [0.15, 0.2) is 48.7 Å². The fourth-order valence-electron chi connectivity index (χ4n) is 4.11. The SMILES string of the molecule is C=C(C)C(C)(C=CC)COc1cc2c(cc1OC)-c1cc(=S)c(C(=O)O)cn1C(CC)C2. The summed E-state index contributed by atoms with van der Waals surface area (Å²) in [5, 5.41) is 9.51. The smallest absolute Gasteiger partial charge is 0.338 e. The fraction of sp³-hybridized carbons (Fsp3) is 0.385. The molecule has 2 unspecified atom stereocenters. The van der Waals surface area contributed by atoms with Gasteiger partial charge in [0.05, 0.1) is 22.9 Å². The molecule has 0 amide bonds. The summed E-state index contributed by atoms with van der Waals surface area (Å²) in [5.74, 6) is 0.310. The summed E-state index contributed by atoms with van der Waals surface area (Å²) in [6.07, 6.45) is 7.42. The quantitative estimate of drug-likeness (QED) is 0.359. The first kappa shape index (κ1) is 23.8. The Morgan fingerprint density at radius 1 is 1.38 bits per heavy atom. The van der Waals surface area contributed by atoms with Crippen molar-refractivity contribution in [3.63, 3.8) is 0 Å². The van der Waals surface area contributed by atoms with Gasteiger partial charge >= 0.3 is 5.97 Å². The zero-order valence-electron chi connectivity index (χ0n) is 19.4. The lowest BCUT2D eigenvalue weighted by molar-refractivity contribution is 0.0695. The Kier molecular flexibility index (Phi) is 6.94. The minimum Gasteiger partial charge on any atom is -0.493 e. The third-order valence-corrected chi connectivity index (χ3v) is 6.67. The first-order valence-corrected chi connectivity index (χ1v) is 11.2. The van der Waals surface area contributed by atoms with Crippen molar-refractivity contribution in [3.8, 4) is 22.8 Å². The van der Waals surface area contributed by atoms with E-state index in [4.69, 9.17) is 21.7 Å². The highest BCUT2D eigenvalue weighted by molar-refractivity contribution is 7.71. The molecule has 32 heavy (non-hydrogen) atoms. The Labute approximate surface area is 195 Å². The lowest BCUT2D eigenvalue weighted by Crippen LogP contribution is -2.24. The second-order valence-corrected chi connectivity index (χ2v) is 9.00. The molecule has 0 radical (unpaired) electrons. The number of carboxylic acids is 1. The van der Waals surface area contributed by atoms with E-state index in [2.05, 4.69) is 26.5 Å². The van der Waals surface area contributed by atoms with Crippen LogP contribution in [0.25, 0.3) is 11.3 Å². The van der Waals surface area contributed by atoms with Gasteiger partial charge in [-0.1, -0.05) is 43.4 Å². The van der Waals surface area contributed by atoms with Gasteiger partial charge in [-0.15, -0.1) is 0 Å². The van der Waals surface area contributed by atoms with Gasteiger partial charge in [0.1, 0.15) is 6.61 Å². The number of rotatable bonds is 8. The highest BCUT2D eigenvalue weighted by Gasteiger charge is 2.28. The molecule has 1 aliphatic rings. The summed E-state index contributed by atoms with van der Waals surface area (Å²) in [5.41, 5.74) is 3.91. The summed E-state index contributed by atoms with van der Waals surface area (Å²) in [6.45, 7) is 12.8. The van der Waals surface area contributed by atoms with Gasteiger partial charge in [-0.05, 0) is 57.4 Å². The Hall–Kier alpha value is -2.86. The maximum atomic E-state index is 11.6. The van der Waals surface area contributed by atoms with Crippen molar-refractivity contribution < 1.29 is 19.4 Å². The Balaban J connectivity index is 2.09. The van der Waals surface area contributed by atoms with Crippen LogP contribution >= 0.6 is 12.2 Å². The minimum atomic E-state index is -1.01. The number of nitrogens with zero attached hydrogens (tertiary/aromatic N) is 1. The highest BCUT2D eigenvalue weighted by atomic mass is 32.1. The molecule has 0 fully saturated rings. The lowest BCUT2D eigenvalue weighted by atomic mass is 9.84. The van der Waals surface area contributed by atoms with Gasteiger partial charge < -0.3 is 19.1 Å². The van der Waals surface area contributed by atoms with Crippen LogP contribution in [0.1, 0.15) is 56.1 Å². The molecule has 0 bridgehead atoms. The summed E-state index contributed by atoms with van der Waals surface area (Å²) >= 11 is 5.37. The van der Waals surface area contributed by atoms with Crippen LogP contribution in [-0.2, 0) is 6.42 Å². The molecule has 6 heteroatoms. The summed E-state index contributed by atoms with van der Waals surface area (Å²) < 4.78 is 14.3. The largest absolute Gasteiger partial charge is 0.493 e. The monoisotopic (exact) mass is 453 g/mol. The van der Waals surface area contributed by atoms with Gasteiger partial charge in [0.2, 0.25) is 0 Å². The topological polar surface area (TPSA) is 60.7 Å². The lowest BCUT2D eigenvalue weighted by Gasteiger charge is -2.32. The predicted octanol–water partition coefficient (Wildman–Crippen LogP) is 6.64. The van der Waals surface area contributed by atoms with E-state index in [0.717, 1.165) is 35.2 Å². The number of hydrogen-bond acceptors (Lipinski definition) is 4. The standard InChI is InChI=1S/C26H31NO4S/c1-7-9-26(5,16(3)4)15-31-23-11-17-10-18(8-2)27-14-20(25(28)29)24(32)13-21(27)19(17)12-22(23)30-6/h7,9,11-14,18H,3,8,10,15H2,1-2,4-6H3,(H,28,29). The van der Waals surface area contributed by atoms with Crippen LogP contribution in [0.3, 0.4) is 0 Å². The fourth-order valence-corrected chi connectivity index (χ4v) is 4.36. The van der Waals surface area contributed by atoms with Crippen molar-refractivity contribution in [2.75, 3.05) is 13.7 Å². The number of allylic oxidation sites excluding steroid dienone is 1. The molecule has 0 spiro atoms. The van der Waals surface area contributed by atoms with Crippen LogP contribution < -0.4 is 9.47 Å². The number of aromatic carboxylic acids is 1. The first-order chi connectivity index (χ1) is 15.1. The summed E-state index contributed by atoms with van der Waals surface area (Å²) in [4.78, 5) is 11.6. The number of pyridine rings is 1. The molecule has 1 aromatic heterocycles. The van der Waals surface area contributed by atoms with Gasteiger partial charge in [0.25, 0.3) is 0 Å². The maximum absolute atomic E-state index is 11.6. The third kappa shape index (κ3) is 4.37. The summed E-state index contributed by atoms with van der Waals surface area (Å²) in [6, 6.07) is 5.92. The molecule has 0 saturated heterocycles. The van der Waals surface area contributed by atoms with Crippen LogP contribution in [-0.4, -0.2) is 29.4 Å². The molecule has 2 aromatic rings. The van der Waals surface area contributed by atoms with Crippen molar-refractivity contribution in [1.82, 2.24) is 4.57 Å². The predicted molar refractivity (Wildman–Crippen MR) is 130 cm³/mol. The molecule has 3 rings (SSSR count). The van der Waals surface area contributed by atoms with Crippen LogP contribution in [0, 0.1) is 9.93 Å². The molecule has 2 atom stereocenters. The van der Waals surface area contributed by atoms with Crippen molar-refractivity contribution in [3.05, 3.63) is 64.3 Å². The van der Waals surface area contributed by atoms with E-state index in [1.54, 1.807) is 19.4 Å². The van der Waals surface area contributed by atoms with E-state index in [1.165, 1.54) is 0 Å². The number of benzene rings is 1. The van der Waals surface area contributed by atoms with Crippen molar-refractivity contribution >= 4 is 18.2 Å². The first-order valence-electron chi connectivity index (χ1n) is 10.8. The normalized spacial score (nSPS) is 16.7. The second-order valence-electron chi connectivity index (χ2n) is 8.56. The van der Waals surface area contributed by atoms with E-state index in [-0.39, 0.29) is 17.0 Å². The number of fused-ring (bicyclic) bond motifs is 3. The average molecular weight is 454 g/mol. The average Bonchev–Trinajstić information content (AvgIpc) is 2.75. The molecule has 1 aromatic carbocycles. The third-order valence-electron chi connectivity index (χ3n) is 6.33. The second kappa shape index (κ2) is 9.33. The zero-order chi connectivity index (χ0) is 23.6. The van der Waals surface area contributed by atoms with E-state index >= 15 is 0 Å². The minimum absolute atomic E-state index is 0.135. The number of ether oxygens (including phenoxy) is 2.